The molecule has 1 amide bonds. The molecule has 1 fully saturated rings. The number of carbonyl (C=O) groups is 1. The number of aliphatic hydroxyl groups is 1. The second-order valence-corrected chi connectivity index (χ2v) is 5.89. The van der Waals surface area contributed by atoms with E-state index in [4.69, 9.17) is 11.6 Å². The third-order valence-corrected chi connectivity index (χ3v) is 4.35. The van der Waals surface area contributed by atoms with Gasteiger partial charge in [0.15, 0.2) is 0 Å². The summed E-state index contributed by atoms with van der Waals surface area (Å²) in [5.41, 5.74) is 0.330. The van der Waals surface area contributed by atoms with Crippen molar-refractivity contribution in [2.45, 2.75) is 18.6 Å². The molecular weight excluding hydrogens is 300 g/mol. The minimum atomic E-state index is -1.52. The Hall–Kier alpha value is -2.17. The van der Waals surface area contributed by atoms with Crippen LogP contribution in [0.25, 0.3) is 0 Å². The van der Waals surface area contributed by atoms with Gasteiger partial charge in [-0.05, 0) is 18.2 Å². The fourth-order valence-electron chi connectivity index (χ4n) is 3.09. The first kappa shape index (κ1) is 13.5. The Morgan fingerprint density at radius 3 is 2.68 bits per heavy atom. The SMILES string of the molecule is O=C1CCC2=NC(O)(c3ccccc3)c3cc(Cl)ccc3N12. The first-order valence-electron chi connectivity index (χ1n) is 7.09. The van der Waals surface area contributed by atoms with Gasteiger partial charge in [0.05, 0.1) is 5.69 Å². The monoisotopic (exact) mass is 312 g/mol. The number of benzene rings is 2. The molecule has 1 saturated heterocycles. The average Bonchev–Trinajstić information content (AvgIpc) is 2.89. The lowest BCUT2D eigenvalue weighted by atomic mass is 9.91. The van der Waals surface area contributed by atoms with Crippen molar-refractivity contribution in [2.75, 3.05) is 4.90 Å². The molecule has 0 bridgehead atoms. The smallest absolute Gasteiger partial charge is 0.232 e. The molecule has 0 aromatic heterocycles. The van der Waals surface area contributed by atoms with E-state index >= 15 is 0 Å². The molecule has 1 atom stereocenters. The van der Waals surface area contributed by atoms with Crippen LogP contribution in [0, 0.1) is 0 Å². The van der Waals surface area contributed by atoms with Crippen LogP contribution in [0.3, 0.4) is 0 Å². The second kappa shape index (κ2) is 4.66. The number of carbonyl (C=O) groups excluding carboxylic acids is 1. The van der Waals surface area contributed by atoms with Crippen LogP contribution in [0.1, 0.15) is 24.0 Å². The molecular formula is C17H13ClN2O2. The van der Waals surface area contributed by atoms with E-state index < -0.39 is 5.72 Å². The molecule has 1 unspecified atom stereocenters. The largest absolute Gasteiger partial charge is 0.362 e. The third kappa shape index (κ3) is 1.81. The summed E-state index contributed by atoms with van der Waals surface area (Å²) in [7, 11) is 0. The van der Waals surface area contributed by atoms with Gasteiger partial charge in [-0.1, -0.05) is 41.9 Å². The van der Waals surface area contributed by atoms with Gasteiger partial charge in [0.25, 0.3) is 0 Å². The molecule has 2 aromatic carbocycles. The summed E-state index contributed by atoms with van der Waals surface area (Å²) in [5, 5.41) is 11.8. The number of nitrogens with zero attached hydrogens (tertiary/aromatic N) is 2. The molecule has 0 spiro atoms. The number of fused-ring (bicyclic) bond motifs is 3. The molecule has 0 saturated carbocycles. The van der Waals surface area contributed by atoms with Crippen LogP contribution in [0.4, 0.5) is 5.69 Å². The Bertz CT molecular complexity index is 804. The maximum absolute atomic E-state index is 12.1. The average molecular weight is 313 g/mol. The number of hydrogen-bond donors (Lipinski definition) is 1. The number of anilines is 1. The van der Waals surface area contributed by atoms with Gasteiger partial charge in [-0.25, -0.2) is 4.99 Å². The number of halogens is 1. The van der Waals surface area contributed by atoms with Gasteiger partial charge in [0.2, 0.25) is 11.6 Å². The minimum absolute atomic E-state index is 0.00238. The van der Waals surface area contributed by atoms with Crippen molar-refractivity contribution >= 4 is 29.0 Å². The van der Waals surface area contributed by atoms with Crippen LogP contribution < -0.4 is 4.90 Å². The lowest BCUT2D eigenvalue weighted by Crippen LogP contribution is -2.40. The summed E-state index contributed by atoms with van der Waals surface area (Å²) in [4.78, 5) is 18.2. The van der Waals surface area contributed by atoms with Gasteiger partial charge in [-0.3, -0.25) is 9.69 Å². The fourth-order valence-corrected chi connectivity index (χ4v) is 3.26. The fraction of sp³-hybridized carbons (Fsp3) is 0.176. The molecule has 4 rings (SSSR count). The third-order valence-electron chi connectivity index (χ3n) is 4.11. The van der Waals surface area contributed by atoms with Crippen molar-refractivity contribution in [3.63, 3.8) is 0 Å². The molecule has 5 heteroatoms. The maximum Gasteiger partial charge on any atom is 0.232 e. The van der Waals surface area contributed by atoms with Crippen LogP contribution in [0.15, 0.2) is 53.5 Å². The van der Waals surface area contributed by atoms with Gasteiger partial charge >= 0.3 is 0 Å². The predicted octanol–water partition coefficient (Wildman–Crippen LogP) is 3.07. The van der Waals surface area contributed by atoms with Gasteiger partial charge in [0.1, 0.15) is 5.84 Å². The highest BCUT2D eigenvalue weighted by Gasteiger charge is 2.44. The number of rotatable bonds is 1. The lowest BCUT2D eigenvalue weighted by molar-refractivity contribution is -0.116. The first-order valence-corrected chi connectivity index (χ1v) is 7.47. The highest BCUT2D eigenvalue weighted by molar-refractivity contribution is 6.31. The molecule has 4 nitrogen and oxygen atoms in total. The Morgan fingerprint density at radius 1 is 1.14 bits per heavy atom. The number of aliphatic imine (C=N–C) groups is 1. The van der Waals surface area contributed by atoms with Crippen LogP contribution in [0.5, 0.6) is 0 Å². The van der Waals surface area contributed by atoms with Crippen LogP contribution in [0.2, 0.25) is 5.02 Å². The molecule has 2 aliphatic rings. The standard InChI is InChI=1S/C17H13ClN2O2/c18-12-6-7-14-13(10-12)17(22,11-4-2-1-3-5-11)19-15-8-9-16(21)20(14)15/h1-7,10,22H,8-9H2. The van der Waals surface area contributed by atoms with E-state index in [1.165, 1.54) is 0 Å². The van der Waals surface area contributed by atoms with Crippen LogP contribution >= 0.6 is 11.6 Å². The van der Waals surface area contributed by atoms with Crippen molar-refractivity contribution < 1.29 is 9.90 Å². The zero-order valence-corrected chi connectivity index (χ0v) is 12.4. The summed E-state index contributed by atoms with van der Waals surface area (Å²) in [6.07, 6.45) is 0.946. The quantitative estimate of drug-likeness (QED) is 0.880. The first-order chi connectivity index (χ1) is 10.6. The topological polar surface area (TPSA) is 52.9 Å². The molecule has 22 heavy (non-hydrogen) atoms. The normalized spacial score (nSPS) is 23.1. The molecule has 0 aliphatic carbocycles. The van der Waals surface area contributed by atoms with E-state index in [1.54, 1.807) is 23.1 Å². The van der Waals surface area contributed by atoms with Crippen LogP contribution in [-0.4, -0.2) is 16.8 Å². The number of hydrogen-bond acceptors (Lipinski definition) is 3. The zero-order valence-electron chi connectivity index (χ0n) is 11.7. The Morgan fingerprint density at radius 2 is 1.91 bits per heavy atom. The lowest BCUT2D eigenvalue weighted by Gasteiger charge is -2.35. The van der Waals surface area contributed by atoms with Gasteiger partial charge < -0.3 is 5.11 Å². The van der Waals surface area contributed by atoms with E-state index in [2.05, 4.69) is 4.99 Å². The van der Waals surface area contributed by atoms with Gasteiger partial charge in [-0.15, -0.1) is 0 Å². The zero-order chi connectivity index (χ0) is 15.3. The molecule has 2 heterocycles. The number of amidine groups is 1. The second-order valence-electron chi connectivity index (χ2n) is 5.46. The van der Waals surface area contributed by atoms with Crippen molar-refractivity contribution in [1.29, 1.82) is 0 Å². The summed E-state index contributed by atoms with van der Waals surface area (Å²) in [5.74, 6) is 0.601. The van der Waals surface area contributed by atoms with Gasteiger partial charge in [0, 0.05) is 29.0 Å². The summed E-state index contributed by atoms with van der Waals surface area (Å²) in [6, 6.07) is 14.4. The van der Waals surface area contributed by atoms with Crippen molar-refractivity contribution in [3.05, 3.63) is 64.7 Å². The maximum atomic E-state index is 12.1. The van der Waals surface area contributed by atoms with Crippen molar-refractivity contribution in [1.82, 2.24) is 0 Å². The van der Waals surface area contributed by atoms with E-state index in [-0.39, 0.29) is 5.91 Å². The molecule has 2 aromatic rings. The molecule has 2 aliphatic heterocycles. The van der Waals surface area contributed by atoms with E-state index in [0.717, 1.165) is 0 Å². The van der Waals surface area contributed by atoms with Crippen molar-refractivity contribution in [3.8, 4) is 0 Å². The van der Waals surface area contributed by atoms with E-state index in [0.29, 0.717) is 40.5 Å². The van der Waals surface area contributed by atoms with Crippen molar-refractivity contribution in [2.24, 2.45) is 4.99 Å². The highest BCUT2D eigenvalue weighted by atomic mass is 35.5. The molecule has 1 N–H and O–H groups in total. The summed E-state index contributed by atoms with van der Waals surface area (Å²) in [6.45, 7) is 0. The summed E-state index contributed by atoms with van der Waals surface area (Å²) < 4.78 is 0. The Balaban J connectivity index is 2.01. The molecule has 110 valence electrons. The molecule has 0 radical (unpaired) electrons. The predicted molar refractivity (Wildman–Crippen MR) is 85.0 cm³/mol. The van der Waals surface area contributed by atoms with Crippen LogP contribution in [-0.2, 0) is 10.5 Å². The minimum Gasteiger partial charge on any atom is -0.362 e. The van der Waals surface area contributed by atoms with Gasteiger partial charge in [-0.2, -0.15) is 0 Å². The number of amides is 1. The Kier molecular flexibility index (Phi) is 2.86. The highest BCUT2D eigenvalue weighted by Crippen LogP contribution is 2.44. The van der Waals surface area contributed by atoms with E-state index in [1.807, 2.05) is 30.3 Å². The Labute approximate surface area is 132 Å². The summed E-state index contributed by atoms with van der Waals surface area (Å²) >= 11 is 6.11. The van der Waals surface area contributed by atoms with E-state index in [9.17, 15) is 9.90 Å².